The largest absolute Gasteiger partial charge is 0.378 e. The van der Waals surface area contributed by atoms with Gasteiger partial charge in [0.1, 0.15) is 5.82 Å². The second-order valence-corrected chi connectivity index (χ2v) is 8.39. The van der Waals surface area contributed by atoms with E-state index in [-0.39, 0.29) is 11.8 Å². The number of ether oxygens (including phenoxy) is 1. The summed E-state index contributed by atoms with van der Waals surface area (Å²) in [5, 5.41) is 3.07. The fraction of sp³-hybridized carbons (Fsp3) is 0.458. The van der Waals surface area contributed by atoms with Crippen LogP contribution in [0.5, 0.6) is 0 Å². The Kier molecular flexibility index (Phi) is 6.92. The minimum atomic E-state index is -0.217. The number of halogens is 1. The summed E-state index contributed by atoms with van der Waals surface area (Å²) in [6.07, 6.45) is 1.02. The SMILES string of the molecule is CN(Cc1ccc(N2CCOCC2)cc1)C(=O)NCC1CCN(c2ccc(F)cc2)C1. The molecule has 0 saturated carbocycles. The van der Waals surface area contributed by atoms with Crippen molar-refractivity contribution in [3.8, 4) is 0 Å². The average Bonchev–Trinajstić information content (AvgIpc) is 3.28. The summed E-state index contributed by atoms with van der Waals surface area (Å²) < 4.78 is 18.5. The molecule has 2 aromatic carbocycles. The van der Waals surface area contributed by atoms with Gasteiger partial charge in [-0.15, -0.1) is 0 Å². The molecular formula is C24H31FN4O2. The first-order valence-corrected chi connectivity index (χ1v) is 11.0. The van der Waals surface area contributed by atoms with E-state index in [0.717, 1.165) is 57.1 Å². The number of nitrogens with one attached hydrogen (secondary N) is 1. The molecule has 1 unspecified atom stereocenters. The van der Waals surface area contributed by atoms with E-state index in [4.69, 9.17) is 4.74 Å². The quantitative estimate of drug-likeness (QED) is 0.770. The molecule has 0 aliphatic carbocycles. The minimum Gasteiger partial charge on any atom is -0.378 e. The predicted molar refractivity (Wildman–Crippen MR) is 121 cm³/mol. The third kappa shape index (κ3) is 5.67. The van der Waals surface area contributed by atoms with E-state index in [0.29, 0.717) is 19.0 Å². The lowest BCUT2D eigenvalue weighted by Gasteiger charge is -2.29. The highest BCUT2D eigenvalue weighted by atomic mass is 19.1. The zero-order chi connectivity index (χ0) is 21.6. The number of rotatable bonds is 6. The lowest BCUT2D eigenvalue weighted by atomic mass is 10.1. The zero-order valence-electron chi connectivity index (χ0n) is 18.1. The van der Waals surface area contributed by atoms with Crippen LogP contribution in [0.15, 0.2) is 48.5 Å². The highest BCUT2D eigenvalue weighted by molar-refractivity contribution is 5.73. The van der Waals surface area contributed by atoms with E-state index in [1.54, 1.807) is 4.90 Å². The van der Waals surface area contributed by atoms with Gasteiger partial charge in [-0.1, -0.05) is 12.1 Å². The van der Waals surface area contributed by atoms with Crippen LogP contribution < -0.4 is 15.1 Å². The molecular weight excluding hydrogens is 395 g/mol. The van der Waals surface area contributed by atoms with E-state index in [1.807, 2.05) is 19.2 Å². The molecule has 0 bridgehead atoms. The number of morpholine rings is 1. The molecule has 1 N–H and O–H groups in total. The molecule has 2 fully saturated rings. The maximum Gasteiger partial charge on any atom is 0.317 e. The normalized spacial score (nSPS) is 18.8. The van der Waals surface area contributed by atoms with Crippen LogP contribution in [0, 0.1) is 11.7 Å². The van der Waals surface area contributed by atoms with Gasteiger partial charge < -0.3 is 24.8 Å². The summed E-state index contributed by atoms with van der Waals surface area (Å²) in [6, 6.07) is 15.0. The van der Waals surface area contributed by atoms with Crippen LogP contribution in [0.1, 0.15) is 12.0 Å². The molecule has 2 heterocycles. The van der Waals surface area contributed by atoms with Crippen LogP contribution in [0.2, 0.25) is 0 Å². The lowest BCUT2D eigenvalue weighted by molar-refractivity contribution is 0.122. The van der Waals surface area contributed by atoms with E-state index in [2.05, 4.69) is 39.4 Å². The fourth-order valence-corrected chi connectivity index (χ4v) is 4.23. The average molecular weight is 427 g/mol. The van der Waals surface area contributed by atoms with Crippen molar-refractivity contribution in [2.24, 2.45) is 5.92 Å². The zero-order valence-corrected chi connectivity index (χ0v) is 18.1. The van der Waals surface area contributed by atoms with Crippen molar-refractivity contribution in [2.45, 2.75) is 13.0 Å². The summed E-state index contributed by atoms with van der Waals surface area (Å²) in [6.45, 7) is 6.40. The van der Waals surface area contributed by atoms with Gasteiger partial charge in [-0.25, -0.2) is 9.18 Å². The number of amides is 2. The van der Waals surface area contributed by atoms with Crippen molar-refractivity contribution in [3.05, 3.63) is 59.9 Å². The summed E-state index contributed by atoms with van der Waals surface area (Å²) in [5.74, 6) is 0.181. The molecule has 4 rings (SSSR count). The lowest BCUT2D eigenvalue weighted by Crippen LogP contribution is -2.39. The molecule has 166 valence electrons. The van der Waals surface area contributed by atoms with E-state index >= 15 is 0 Å². The molecule has 2 amide bonds. The van der Waals surface area contributed by atoms with Crippen molar-refractivity contribution in [2.75, 3.05) is 62.8 Å². The van der Waals surface area contributed by atoms with Gasteiger partial charge in [0.15, 0.2) is 0 Å². The molecule has 2 aliphatic heterocycles. The molecule has 6 nitrogen and oxygen atoms in total. The second kappa shape index (κ2) is 10.0. The Morgan fingerprint density at radius 2 is 1.68 bits per heavy atom. The van der Waals surface area contributed by atoms with Crippen LogP contribution >= 0.6 is 0 Å². The number of hydrogen-bond donors (Lipinski definition) is 1. The van der Waals surface area contributed by atoms with Gasteiger partial charge in [0.05, 0.1) is 13.2 Å². The number of anilines is 2. The standard InChI is InChI=1S/C24H31FN4O2/c1-27(17-19-2-6-22(7-3-19)28-12-14-31-15-13-28)24(30)26-16-20-10-11-29(18-20)23-8-4-21(25)5-9-23/h2-9,20H,10-18H2,1H3,(H,26,30). The molecule has 7 heteroatoms. The smallest absolute Gasteiger partial charge is 0.317 e. The minimum absolute atomic E-state index is 0.0579. The molecule has 2 aliphatic rings. The molecule has 1 atom stereocenters. The van der Waals surface area contributed by atoms with Gasteiger partial charge in [0.25, 0.3) is 0 Å². The van der Waals surface area contributed by atoms with Gasteiger partial charge in [0, 0.05) is 57.7 Å². The summed E-state index contributed by atoms with van der Waals surface area (Å²) in [4.78, 5) is 18.8. The van der Waals surface area contributed by atoms with Gasteiger partial charge >= 0.3 is 6.03 Å². The third-order valence-corrected chi connectivity index (χ3v) is 6.10. The van der Waals surface area contributed by atoms with Crippen molar-refractivity contribution < 1.29 is 13.9 Å². The number of benzene rings is 2. The van der Waals surface area contributed by atoms with Crippen LogP contribution in [0.4, 0.5) is 20.6 Å². The topological polar surface area (TPSA) is 48.1 Å². The molecule has 2 aromatic rings. The fourth-order valence-electron chi connectivity index (χ4n) is 4.23. The Balaban J connectivity index is 1.21. The molecule has 0 spiro atoms. The number of carbonyl (C=O) groups excluding carboxylic acids is 1. The van der Waals surface area contributed by atoms with E-state index in [1.165, 1.54) is 17.8 Å². The van der Waals surface area contributed by atoms with Gasteiger partial charge in [0.2, 0.25) is 0 Å². The van der Waals surface area contributed by atoms with Crippen LogP contribution in [-0.2, 0) is 11.3 Å². The molecule has 0 radical (unpaired) electrons. The van der Waals surface area contributed by atoms with Crippen molar-refractivity contribution in [1.29, 1.82) is 0 Å². The van der Waals surface area contributed by atoms with Crippen molar-refractivity contribution in [1.82, 2.24) is 10.2 Å². The first-order valence-electron chi connectivity index (χ1n) is 11.0. The summed E-state index contributed by atoms with van der Waals surface area (Å²) >= 11 is 0. The summed E-state index contributed by atoms with van der Waals surface area (Å²) in [7, 11) is 1.82. The summed E-state index contributed by atoms with van der Waals surface area (Å²) in [5.41, 5.74) is 3.34. The Labute approximate surface area is 183 Å². The predicted octanol–water partition coefficient (Wildman–Crippen LogP) is 3.33. The Morgan fingerprint density at radius 1 is 1.03 bits per heavy atom. The molecule has 31 heavy (non-hydrogen) atoms. The van der Waals surface area contributed by atoms with E-state index < -0.39 is 0 Å². The van der Waals surface area contributed by atoms with Crippen LogP contribution in [-0.4, -0.2) is 63.9 Å². The Morgan fingerprint density at radius 3 is 2.39 bits per heavy atom. The first-order chi connectivity index (χ1) is 15.1. The van der Waals surface area contributed by atoms with Crippen LogP contribution in [0.25, 0.3) is 0 Å². The number of carbonyl (C=O) groups is 1. The molecule has 2 saturated heterocycles. The van der Waals surface area contributed by atoms with Gasteiger partial charge in [-0.05, 0) is 54.3 Å². The first kappa shape index (κ1) is 21.4. The van der Waals surface area contributed by atoms with Crippen LogP contribution in [0.3, 0.4) is 0 Å². The second-order valence-electron chi connectivity index (χ2n) is 8.39. The highest BCUT2D eigenvalue weighted by Gasteiger charge is 2.23. The monoisotopic (exact) mass is 426 g/mol. The Bertz CT molecular complexity index is 853. The van der Waals surface area contributed by atoms with Gasteiger partial charge in [-0.3, -0.25) is 0 Å². The van der Waals surface area contributed by atoms with Crippen molar-refractivity contribution in [3.63, 3.8) is 0 Å². The Hall–Kier alpha value is -2.80. The maximum atomic E-state index is 13.1. The number of urea groups is 1. The van der Waals surface area contributed by atoms with E-state index in [9.17, 15) is 9.18 Å². The molecule has 0 aromatic heterocycles. The van der Waals surface area contributed by atoms with Crippen molar-refractivity contribution >= 4 is 17.4 Å². The third-order valence-electron chi connectivity index (χ3n) is 6.10. The van der Waals surface area contributed by atoms with Gasteiger partial charge in [-0.2, -0.15) is 0 Å². The number of nitrogens with zero attached hydrogens (tertiary/aromatic N) is 3. The number of hydrogen-bond acceptors (Lipinski definition) is 4. The highest BCUT2D eigenvalue weighted by Crippen LogP contribution is 2.23. The maximum absolute atomic E-state index is 13.1.